The van der Waals surface area contributed by atoms with Gasteiger partial charge in [0.15, 0.2) is 5.72 Å². The van der Waals surface area contributed by atoms with Crippen molar-refractivity contribution in [3.63, 3.8) is 0 Å². The number of carbonyl (C=O) groups is 1. The van der Waals surface area contributed by atoms with Gasteiger partial charge in [0.25, 0.3) is 0 Å². The predicted octanol–water partition coefficient (Wildman–Crippen LogP) is 0.497. The summed E-state index contributed by atoms with van der Waals surface area (Å²) < 4.78 is 0. The molecule has 1 heterocycles. The fraction of sp³-hybridized carbons (Fsp3) is 0.273. The van der Waals surface area contributed by atoms with E-state index in [4.69, 9.17) is 5.84 Å². The molecule has 90 valence electrons. The van der Waals surface area contributed by atoms with Gasteiger partial charge in [-0.3, -0.25) is 5.43 Å². The molecule has 1 atom stereocenters. The van der Waals surface area contributed by atoms with E-state index in [-0.39, 0.29) is 6.42 Å². The molecule has 6 heteroatoms. The Morgan fingerprint density at radius 3 is 2.76 bits per heavy atom. The Labute approximate surface area is 98.7 Å². The Kier molecular flexibility index (Phi) is 2.83. The molecule has 6 nitrogen and oxygen atoms in total. The third-order valence-electron chi connectivity index (χ3n) is 2.68. The van der Waals surface area contributed by atoms with Gasteiger partial charge in [0.2, 0.25) is 0 Å². The zero-order chi connectivity index (χ0) is 12.5. The highest BCUT2D eigenvalue weighted by atomic mass is 16.3. The van der Waals surface area contributed by atoms with Gasteiger partial charge >= 0.3 is 6.03 Å². The maximum atomic E-state index is 11.6. The van der Waals surface area contributed by atoms with E-state index in [2.05, 4.69) is 5.10 Å². The van der Waals surface area contributed by atoms with Crippen LogP contribution in [0.25, 0.3) is 0 Å². The zero-order valence-corrected chi connectivity index (χ0v) is 9.42. The Morgan fingerprint density at radius 2 is 2.18 bits per heavy atom. The molecule has 4 N–H and O–H groups in total. The minimum atomic E-state index is -1.46. The number of carbonyl (C=O) groups excluding carboxylic acids is 1. The average Bonchev–Trinajstić information content (AvgIpc) is 2.66. The largest absolute Gasteiger partial charge is 0.365 e. The Hall–Kier alpha value is -1.92. The number of hydrazone groups is 1. The molecule has 0 aromatic heterocycles. The second-order valence-corrected chi connectivity index (χ2v) is 3.96. The maximum Gasteiger partial charge on any atom is 0.354 e. The van der Waals surface area contributed by atoms with E-state index in [0.717, 1.165) is 5.01 Å². The van der Waals surface area contributed by atoms with Crippen molar-refractivity contribution >= 4 is 11.7 Å². The number of rotatable bonds is 1. The first-order chi connectivity index (χ1) is 8.08. The van der Waals surface area contributed by atoms with Crippen molar-refractivity contribution in [1.82, 2.24) is 10.4 Å². The number of nitrogens with zero attached hydrogens (tertiary/aromatic N) is 2. The smallest absolute Gasteiger partial charge is 0.354 e. The van der Waals surface area contributed by atoms with Gasteiger partial charge in [-0.15, -0.1) is 0 Å². The van der Waals surface area contributed by atoms with Crippen molar-refractivity contribution in [2.24, 2.45) is 10.9 Å². The van der Waals surface area contributed by atoms with E-state index < -0.39 is 11.8 Å². The van der Waals surface area contributed by atoms with Gasteiger partial charge in [-0.2, -0.15) is 10.1 Å². The summed E-state index contributed by atoms with van der Waals surface area (Å²) in [4.78, 5) is 11.6. The minimum absolute atomic E-state index is 0.268. The monoisotopic (exact) mass is 234 g/mol. The second kappa shape index (κ2) is 4.15. The number of hydrogen-bond donors (Lipinski definition) is 3. The summed E-state index contributed by atoms with van der Waals surface area (Å²) in [6.07, 6.45) is 0.268. The van der Waals surface area contributed by atoms with Crippen molar-refractivity contribution < 1.29 is 9.90 Å². The first kappa shape index (κ1) is 11.6. The van der Waals surface area contributed by atoms with E-state index in [1.165, 1.54) is 0 Å². The van der Waals surface area contributed by atoms with Crippen LogP contribution >= 0.6 is 0 Å². The highest BCUT2D eigenvalue weighted by molar-refractivity contribution is 5.88. The summed E-state index contributed by atoms with van der Waals surface area (Å²) in [7, 11) is 0. The second-order valence-electron chi connectivity index (χ2n) is 3.96. The van der Waals surface area contributed by atoms with Gasteiger partial charge in [-0.05, 0) is 6.92 Å². The number of aliphatic hydroxyl groups is 1. The molecule has 1 aromatic rings. The molecular formula is C11H14N4O2. The van der Waals surface area contributed by atoms with Crippen LogP contribution in [0.5, 0.6) is 0 Å². The van der Waals surface area contributed by atoms with Crippen molar-refractivity contribution in [1.29, 1.82) is 0 Å². The van der Waals surface area contributed by atoms with E-state index in [1.54, 1.807) is 31.2 Å². The summed E-state index contributed by atoms with van der Waals surface area (Å²) >= 11 is 0. The molecule has 0 fully saturated rings. The Morgan fingerprint density at radius 1 is 1.53 bits per heavy atom. The molecule has 0 aliphatic carbocycles. The predicted molar refractivity (Wildman–Crippen MR) is 62.6 cm³/mol. The lowest BCUT2D eigenvalue weighted by atomic mass is 9.98. The first-order valence-corrected chi connectivity index (χ1v) is 5.21. The third kappa shape index (κ3) is 1.88. The minimum Gasteiger partial charge on any atom is -0.365 e. The standard InChI is InChI=1S/C11H14N4O2/c1-8-7-11(17,9-5-3-2-4-6-9)15(14-8)10(16)13-12/h2-6,17H,7,12H2,1H3,(H,13,16). The van der Waals surface area contributed by atoms with Crippen molar-refractivity contribution in [2.45, 2.75) is 19.1 Å². The van der Waals surface area contributed by atoms with Gasteiger partial charge in [-0.1, -0.05) is 30.3 Å². The number of benzene rings is 1. The topological polar surface area (TPSA) is 91.0 Å². The van der Waals surface area contributed by atoms with Gasteiger partial charge in [0, 0.05) is 17.7 Å². The number of urea groups is 1. The van der Waals surface area contributed by atoms with Gasteiger partial charge in [-0.25, -0.2) is 10.6 Å². The van der Waals surface area contributed by atoms with Gasteiger partial charge in [0.1, 0.15) is 0 Å². The molecule has 1 aromatic carbocycles. The maximum absolute atomic E-state index is 11.6. The fourth-order valence-electron chi connectivity index (χ4n) is 1.92. The molecule has 0 bridgehead atoms. The van der Waals surface area contributed by atoms with Crippen LogP contribution in [0.1, 0.15) is 18.9 Å². The highest BCUT2D eigenvalue weighted by Crippen LogP contribution is 2.34. The first-order valence-electron chi connectivity index (χ1n) is 5.21. The van der Waals surface area contributed by atoms with E-state index >= 15 is 0 Å². The summed E-state index contributed by atoms with van der Waals surface area (Å²) in [6, 6.07) is 8.26. The lowest BCUT2D eigenvalue weighted by molar-refractivity contribution is -0.0700. The fourth-order valence-corrected chi connectivity index (χ4v) is 1.92. The van der Waals surface area contributed by atoms with Crippen LogP contribution in [-0.4, -0.2) is 21.9 Å². The van der Waals surface area contributed by atoms with Crippen LogP contribution in [0.3, 0.4) is 0 Å². The summed E-state index contributed by atoms with van der Waals surface area (Å²) in [5, 5.41) is 15.6. The average molecular weight is 234 g/mol. The SMILES string of the molecule is CC1=NN(C(=O)NN)C(O)(c2ccccc2)C1. The van der Waals surface area contributed by atoms with Gasteiger partial charge < -0.3 is 5.11 Å². The third-order valence-corrected chi connectivity index (χ3v) is 2.68. The number of amides is 2. The van der Waals surface area contributed by atoms with E-state index in [0.29, 0.717) is 11.3 Å². The van der Waals surface area contributed by atoms with Crippen LogP contribution in [0.2, 0.25) is 0 Å². The highest BCUT2D eigenvalue weighted by Gasteiger charge is 2.44. The Balaban J connectivity index is 2.40. The van der Waals surface area contributed by atoms with Gasteiger partial charge in [0.05, 0.1) is 0 Å². The van der Waals surface area contributed by atoms with Crippen molar-refractivity contribution in [3.8, 4) is 0 Å². The van der Waals surface area contributed by atoms with E-state index in [1.807, 2.05) is 11.5 Å². The summed E-state index contributed by atoms with van der Waals surface area (Å²) in [5.74, 6) is 5.07. The molecule has 1 unspecified atom stereocenters. The molecule has 1 aliphatic heterocycles. The Bertz CT molecular complexity index is 460. The van der Waals surface area contributed by atoms with Crippen molar-refractivity contribution in [2.75, 3.05) is 0 Å². The van der Waals surface area contributed by atoms with E-state index in [9.17, 15) is 9.90 Å². The summed E-state index contributed by atoms with van der Waals surface area (Å²) in [6.45, 7) is 1.75. The molecule has 0 saturated carbocycles. The molecule has 0 radical (unpaired) electrons. The zero-order valence-electron chi connectivity index (χ0n) is 9.42. The molecule has 2 rings (SSSR count). The van der Waals surface area contributed by atoms with Crippen LogP contribution in [0.4, 0.5) is 4.79 Å². The molecule has 1 aliphatic rings. The number of nitrogens with two attached hydrogens (primary N) is 1. The molecular weight excluding hydrogens is 220 g/mol. The van der Waals surface area contributed by atoms with Crippen LogP contribution in [0.15, 0.2) is 35.4 Å². The quantitative estimate of drug-likeness (QED) is 0.375. The molecule has 0 saturated heterocycles. The molecule has 17 heavy (non-hydrogen) atoms. The van der Waals surface area contributed by atoms with Crippen LogP contribution in [0, 0.1) is 0 Å². The lowest BCUT2D eigenvalue weighted by Gasteiger charge is -2.30. The van der Waals surface area contributed by atoms with Crippen LogP contribution in [-0.2, 0) is 5.72 Å². The number of nitrogens with one attached hydrogen (secondary N) is 1. The number of hydrazine groups is 1. The van der Waals surface area contributed by atoms with Crippen LogP contribution < -0.4 is 11.3 Å². The molecule has 2 amide bonds. The number of hydrogen-bond acceptors (Lipinski definition) is 4. The summed E-state index contributed by atoms with van der Waals surface area (Å²) in [5.41, 5.74) is 1.78. The molecule has 0 spiro atoms. The van der Waals surface area contributed by atoms with Crippen molar-refractivity contribution in [3.05, 3.63) is 35.9 Å². The normalized spacial score (nSPS) is 23.5. The lowest BCUT2D eigenvalue weighted by Crippen LogP contribution is -2.49.